The quantitative estimate of drug-likeness (QED) is 0.792. The molecule has 0 unspecified atom stereocenters. The van der Waals surface area contributed by atoms with Crippen LogP contribution in [0.1, 0.15) is 22.6 Å². The number of nitrogens with zero attached hydrogens (tertiary/aromatic N) is 3. The zero-order chi connectivity index (χ0) is 15.9. The van der Waals surface area contributed by atoms with Crippen LogP contribution in [-0.4, -0.2) is 52.7 Å². The van der Waals surface area contributed by atoms with Crippen LogP contribution < -0.4 is 0 Å². The maximum Gasteiger partial charge on any atom is 0.273 e. The lowest BCUT2D eigenvalue weighted by atomic mass is 10.2. The highest BCUT2D eigenvalue weighted by atomic mass is 32.2. The van der Waals surface area contributed by atoms with Gasteiger partial charge in [0.1, 0.15) is 5.69 Å². The average molecular weight is 339 g/mol. The van der Waals surface area contributed by atoms with Crippen LogP contribution in [-0.2, 0) is 9.84 Å². The van der Waals surface area contributed by atoms with Crippen molar-refractivity contribution in [2.45, 2.75) is 19.4 Å². The van der Waals surface area contributed by atoms with Gasteiger partial charge in [0.15, 0.2) is 14.8 Å². The first-order valence-corrected chi connectivity index (χ1v) is 9.67. The van der Waals surface area contributed by atoms with Gasteiger partial charge >= 0.3 is 0 Å². The molecule has 1 saturated heterocycles. The van der Waals surface area contributed by atoms with Crippen LogP contribution in [0.4, 0.5) is 0 Å². The average Bonchev–Trinajstić information content (AvgIpc) is 3.09. The van der Waals surface area contributed by atoms with E-state index in [1.54, 1.807) is 22.3 Å². The first kappa shape index (κ1) is 15.2. The summed E-state index contributed by atoms with van der Waals surface area (Å²) in [6.07, 6.45) is 3.92. The van der Waals surface area contributed by atoms with Gasteiger partial charge in [0.05, 0.1) is 17.2 Å². The number of rotatable bonds is 4. The van der Waals surface area contributed by atoms with E-state index < -0.39 is 9.84 Å². The minimum absolute atomic E-state index is 0.0250. The predicted octanol–water partition coefficient (Wildman–Crippen LogP) is 1.52. The molecule has 0 saturated carbocycles. The third-order valence-corrected chi connectivity index (χ3v) is 6.38. The third-order valence-electron chi connectivity index (χ3n) is 3.87. The lowest BCUT2D eigenvalue weighted by molar-refractivity contribution is 0.0713. The molecule has 22 heavy (non-hydrogen) atoms. The topological polar surface area (TPSA) is 71.8 Å². The van der Waals surface area contributed by atoms with E-state index in [9.17, 15) is 13.2 Å². The maximum absolute atomic E-state index is 13.0. The van der Waals surface area contributed by atoms with E-state index in [2.05, 4.69) is 11.6 Å². The first-order chi connectivity index (χ1) is 10.4. The summed E-state index contributed by atoms with van der Waals surface area (Å²) in [5.74, 6) is -0.0277. The van der Waals surface area contributed by atoms with Gasteiger partial charge in [-0.15, -0.1) is 17.9 Å². The summed E-state index contributed by atoms with van der Waals surface area (Å²) in [6, 6.07) is -0.293. The highest BCUT2D eigenvalue weighted by Gasteiger charge is 2.35. The van der Waals surface area contributed by atoms with Gasteiger partial charge in [-0.1, -0.05) is 6.08 Å². The number of aromatic nitrogens is 2. The molecule has 2 aromatic rings. The van der Waals surface area contributed by atoms with E-state index in [4.69, 9.17) is 0 Å². The molecular formula is C14H17N3O3S2. The van der Waals surface area contributed by atoms with Crippen LogP contribution >= 0.6 is 11.3 Å². The summed E-state index contributed by atoms with van der Waals surface area (Å²) in [5.41, 5.74) is 1.16. The molecule has 1 fully saturated rings. The number of amides is 1. The Morgan fingerprint density at radius 2 is 2.41 bits per heavy atom. The number of sulfone groups is 1. The Hall–Kier alpha value is -1.67. The predicted molar refractivity (Wildman–Crippen MR) is 86.1 cm³/mol. The number of aryl methyl sites for hydroxylation is 1. The molecule has 2 aromatic heterocycles. The number of thiazole rings is 1. The number of carbonyl (C=O) groups is 1. The molecule has 8 heteroatoms. The molecule has 1 aliphatic rings. The molecule has 118 valence electrons. The number of hydrogen-bond donors (Lipinski definition) is 0. The molecule has 3 rings (SSSR count). The Labute approximate surface area is 133 Å². The fourth-order valence-corrected chi connectivity index (χ4v) is 5.34. The molecule has 0 aromatic carbocycles. The second kappa shape index (κ2) is 5.51. The molecular weight excluding hydrogens is 322 g/mol. The number of fused-ring (bicyclic) bond motifs is 1. The second-order valence-electron chi connectivity index (χ2n) is 5.40. The van der Waals surface area contributed by atoms with Crippen molar-refractivity contribution in [3.8, 4) is 0 Å². The summed E-state index contributed by atoms with van der Waals surface area (Å²) in [4.78, 5) is 19.7. The fourth-order valence-electron chi connectivity index (χ4n) is 2.85. The molecule has 1 atom stereocenters. The zero-order valence-corrected chi connectivity index (χ0v) is 13.9. The lowest BCUT2D eigenvalue weighted by Crippen LogP contribution is -2.42. The van der Waals surface area contributed by atoms with E-state index in [0.717, 1.165) is 4.96 Å². The van der Waals surface area contributed by atoms with Crippen molar-refractivity contribution in [2.24, 2.45) is 0 Å². The van der Waals surface area contributed by atoms with E-state index in [0.29, 0.717) is 24.4 Å². The van der Waals surface area contributed by atoms with Crippen LogP contribution in [0.25, 0.3) is 4.96 Å². The molecule has 0 aliphatic carbocycles. The summed E-state index contributed by atoms with van der Waals surface area (Å²) >= 11 is 1.46. The van der Waals surface area contributed by atoms with Crippen molar-refractivity contribution in [1.29, 1.82) is 0 Å². The van der Waals surface area contributed by atoms with E-state index in [-0.39, 0.29) is 23.5 Å². The Balaban J connectivity index is 1.98. The SMILES string of the molecule is C=CCN(C(=O)c1c(C)nc2sccn12)[C@H]1CCS(=O)(=O)C1. The highest BCUT2D eigenvalue weighted by molar-refractivity contribution is 7.91. The Morgan fingerprint density at radius 1 is 1.64 bits per heavy atom. The number of carbonyl (C=O) groups excluding carboxylic acids is 1. The van der Waals surface area contributed by atoms with Gasteiger partial charge < -0.3 is 4.90 Å². The molecule has 0 spiro atoms. The van der Waals surface area contributed by atoms with Gasteiger partial charge in [-0.3, -0.25) is 9.20 Å². The van der Waals surface area contributed by atoms with Crippen molar-refractivity contribution >= 4 is 32.0 Å². The molecule has 0 bridgehead atoms. The number of imidazole rings is 1. The zero-order valence-electron chi connectivity index (χ0n) is 12.2. The van der Waals surface area contributed by atoms with Gasteiger partial charge in [-0.05, 0) is 13.3 Å². The van der Waals surface area contributed by atoms with Crippen LogP contribution in [0.15, 0.2) is 24.2 Å². The summed E-state index contributed by atoms with van der Waals surface area (Å²) in [7, 11) is -3.05. The highest BCUT2D eigenvalue weighted by Crippen LogP contribution is 2.23. The first-order valence-electron chi connectivity index (χ1n) is 6.97. The van der Waals surface area contributed by atoms with Gasteiger partial charge in [0.25, 0.3) is 5.91 Å². The van der Waals surface area contributed by atoms with Crippen LogP contribution in [0.2, 0.25) is 0 Å². The molecule has 0 radical (unpaired) electrons. The van der Waals surface area contributed by atoms with Crippen LogP contribution in [0.3, 0.4) is 0 Å². The third kappa shape index (κ3) is 2.56. The maximum atomic E-state index is 13.0. The Morgan fingerprint density at radius 3 is 3.05 bits per heavy atom. The Bertz CT molecular complexity index is 835. The molecule has 1 amide bonds. The normalized spacial score (nSPS) is 20.3. The van der Waals surface area contributed by atoms with Crippen LogP contribution in [0.5, 0.6) is 0 Å². The minimum Gasteiger partial charge on any atom is -0.330 e. The smallest absolute Gasteiger partial charge is 0.273 e. The fraction of sp³-hybridized carbons (Fsp3) is 0.429. The van der Waals surface area contributed by atoms with E-state index in [1.165, 1.54) is 11.3 Å². The van der Waals surface area contributed by atoms with Crippen molar-refractivity contribution in [1.82, 2.24) is 14.3 Å². The van der Waals surface area contributed by atoms with Gasteiger partial charge in [0.2, 0.25) is 0 Å². The summed E-state index contributed by atoms with van der Waals surface area (Å²) < 4.78 is 25.2. The monoisotopic (exact) mass is 339 g/mol. The van der Waals surface area contributed by atoms with E-state index in [1.807, 2.05) is 11.6 Å². The largest absolute Gasteiger partial charge is 0.330 e. The van der Waals surface area contributed by atoms with Crippen molar-refractivity contribution in [3.63, 3.8) is 0 Å². The second-order valence-corrected chi connectivity index (χ2v) is 8.51. The van der Waals surface area contributed by atoms with Gasteiger partial charge in [-0.2, -0.15) is 0 Å². The van der Waals surface area contributed by atoms with E-state index >= 15 is 0 Å². The van der Waals surface area contributed by atoms with Gasteiger partial charge in [0, 0.05) is 24.2 Å². The molecule has 6 nitrogen and oxygen atoms in total. The summed E-state index contributed by atoms with van der Waals surface area (Å²) in [5, 5.41) is 1.87. The molecule has 0 N–H and O–H groups in total. The van der Waals surface area contributed by atoms with Crippen molar-refractivity contribution in [3.05, 3.63) is 35.6 Å². The Kier molecular flexibility index (Phi) is 3.82. The summed E-state index contributed by atoms with van der Waals surface area (Å²) in [6.45, 7) is 5.81. The standard InChI is InChI=1S/C14H17N3O3S2/c1-3-5-16(11-4-8-22(19,20)9-11)13(18)12-10(2)15-14-17(12)6-7-21-14/h3,6-7,11H,1,4-5,8-9H2,2H3/t11-/m0/s1. The molecule has 3 heterocycles. The van der Waals surface area contributed by atoms with Crippen molar-refractivity contribution < 1.29 is 13.2 Å². The van der Waals surface area contributed by atoms with Crippen LogP contribution in [0, 0.1) is 6.92 Å². The van der Waals surface area contributed by atoms with Gasteiger partial charge in [-0.25, -0.2) is 13.4 Å². The number of hydrogen-bond acceptors (Lipinski definition) is 5. The molecule has 1 aliphatic heterocycles. The lowest BCUT2D eigenvalue weighted by Gasteiger charge is -2.27. The minimum atomic E-state index is -3.05. The van der Waals surface area contributed by atoms with Crippen molar-refractivity contribution in [2.75, 3.05) is 18.1 Å².